The summed E-state index contributed by atoms with van der Waals surface area (Å²) in [6, 6.07) is 8.69. The van der Waals surface area contributed by atoms with Crippen molar-refractivity contribution < 1.29 is 4.74 Å². The zero-order chi connectivity index (χ0) is 13.0. The standard InChI is InChI=1S/C15H24N2O/c1-12-3-5-13(6-4-12)15(16)8-10-17-9-7-14(11-17)18-2/h3-6,14-15H,7-11,16H2,1-2H3. The quantitative estimate of drug-likeness (QED) is 0.867. The highest BCUT2D eigenvalue weighted by Crippen LogP contribution is 2.18. The van der Waals surface area contributed by atoms with Crippen molar-refractivity contribution in [1.29, 1.82) is 0 Å². The minimum absolute atomic E-state index is 0.146. The van der Waals surface area contributed by atoms with Crippen LogP contribution in [0.15, 0.2) is 24.3 Å². The summed E-state index contributed by atoms with van der Waals surface area (Å²) in [6.07, 6.45) is 2.58. The average molecular weight is 248 g/mol. The topological polar surface area (TPSA) is 38.5 Å². The van der Waals surface area contributed by atoms with E-state index in [1.165, 1.54) is 11.1 Å². The monoisotopic (exact) mass is 248 g/mol. The summed E-state index contributed by atoms with van der Waals surface area (Å²) in [5.74, 6) is 0. The van der Waals surface area contributed by atoms with Gasteiger partial charge in [-0.15, -0.1) is 0 Å². The third-order valence-corrected chi connectivity index (χ3v) is 3.82. The number of rotatable bonds is 5. The van der Waals surface area contributed by atoms with Crippen LogP contribution in [0.2, 0.25) is 0 Å². The van der Waals surface area contributed by atoms with Crippen molar-refractivity contribution in [3.63, 3.8) is 0 Å². The van der Waals surface area contributed by atoms with Gasteiger partial charge in [-0.25, -0.2) is 0 Å². The van der Waals surface area contributed by atoms with Crippen molar-refractivity contribution in [3.8, 4) is 0 Å². The van der Waals surface area contributed by atoms with Gasteiger partial charge in [-0.05, 0) is 25.3 Å². The molecule has 0 bridgehead atoms. The van der Waals surface area contributed by atoms with Gasteiger partial charge in [-0.1, -0.05) is 29.8 Å². The summed E-state index contributed by atoms with van der Waals surface area (Å²) in [5.41, 5.74) is 8.76. The van der Waals surface area contributed by atoms with E-state index in [1.54, 1.807) is 7.11 Å². The predicted molar refractivity (Wildman–Crippen MR) is 74.6 cm³/mol. The van der Waals surface area contributed by atoms with E-state index in [4.69, 9.17) is 10.5 Å². The molecule has 2 rings (SSSR count). The average Bonchev–Trinajstić information content (AvgIpc) is 2.85. The summed E-state index contributed by atoms with van der Waals surface area (Å²) >= 11 is 0. The van der Waals surface area contributed by atoms with E-state index in [2.05, 4.69) is 36.1 Å². The molecule has 0 spiro atoms. The Hall–Kier alpha value is -0.900. The summed E-state index contributed by atoms with van der Waals surface area (Å²) in [5, 5.41) is 0. The van der Waals surface area contributed by atoms with E-state index in [1.807, 2.05) is 0 Å². The molecule has 0 aromatic heterocycles. The molecule has 1 fully saturated rings. The predicted octanol–water partition coefficient (Wildman–Crippen LogP) is 2.11. The highest BCUT2D eigenvalue weighted by atomic mass is 16.5. The maximum atomic E-state index is 6.23. The van der Waals surface area contributed by atoms with E-state index in [0.29, 0.717) is 6.10 Å². The second kappa shape index (κ2) is 6.32. The van der Waals surface area contributed by atoms with Crippen molar-refractivity contribution in [1.82, 2.24) is 4.90 Å². The van der Waals surface area contributed by atoms with Gasteiger partial charge in [-0.3, -0.25) is 0 Å². The van der Waals surface area contributed by atoms with Gasteiger partial charge in [0.05, 0.1) is 6.10 Å². The minimum atomic E-state index is 0.146. The van der Waals surface area contributed by atoms with Gasteiger partial charge in [0, 0.05) is 32.8 Å². The number of aryl methyl sites for hydroxylation is 1. The van der Waals surface area contributed by atoms with Gasteiger partial charge in [0.2, 0.25) is 0 Å². The Bertz CT molecular complexity index is 363. The van der Waals surface area contributed by atoms with Gasteiger partial charge in [0.1, 0.15) is 0 Å². The molecular weight excluding hydrogens is 224 g/mol. The van der Waals surface area contributed by atoms with E-state index >= 15 is 0 Å². The third-order valence-electron chi connectivity index (χ3n) is 3.82. The number of nitrogens with two attached hydrogens (primary N) is 1. The van der Waals surface area contributed by atoms with E-state index in [0.717, 1.165) is 32.5 Å². The second-order valence-corrected chi connectivity index (χ2v) is 5.25. The lowest BCUT2D eigenvalue weighted by molar-refractivity contribution is 0.108. The van der Waals surface area contributed by atoms with Crippen LogP contribution in [0.5, 0.6) is 0 Å². The second-order valence-electron chi connectivity index (χ2n) is 5.25. The Kier molecular flexibility index (Phi) is 4.75. The lowest BCUT2D eigenvalue weighted by Crippen LogP contribution is -2.26. The fourth-order valence-electron chi connectivity index (χ4n) is 2.49. The Labute approximate surface area is 110 Å². The largest absolute Gasteiger partial charge is 0.380 e. The number of benzene rings is 1. The van der Waals surface area contributed by atoms with Gasteiger partial charge < -0.3 is 15.4 Å². The summed E-state index contributed by atoms with van der Waals surface area (Å²) in [7, 11) is 1.80. The molecule has 2 unspecified atom stereocenters. The Morgan fingerprint density at radius 2 is 2.11 bits per heavy atom. The van der Waals surface area contributed by atoms with Gasteiger partial charge in [0.25, 0.3) is 0 Å². The maximum Gasteiger partial charge on any atom is 0.0710 e. The number of hydrogen-bond donors (Lipinski definition) is 1. The van der Waals surface area contributed by atoms with Crippen molar-refractivity contribution in [2.75, 3.05) is 26.7 Å². The molecule has 0 saturated carbocycles. The maximum absolute atomic E-state index is 6.23. The molecule has 0 aliphatic carbocycles. The Morgan fingerprint density at radius 1 is 1.39 bits per heavy atom. The number of nitrogens with zero attached hydrogens (tertiary/aromatic N) is 1. The lowest BCUT2D eigenvalue weighted by atomic mass is 10.0. The normalized spacial score (nSPS) is 22.3. The molecule has 2 atom stereocenters. The molecule has 18 heavy (non-hydrogen) atoms. The summed E-state index contributed by atoms with van der Waals surface area (Å²) in [4.78, 5) is 2.45. The van der Waals surface area contributed by atoms with E-state index in [-0.39, 0.29) is 6.04 Å². The van der Waals surface area contributed by atoms with Crippen LogP contribution < -0.4 is 5.73 Å². The Balaban J connectivity index is 1.78. The molecule has 1 saturated heterocycles. The molecule has 1 aromatic carbocycles. The van der Waals surface area contributed by atoms with Gasteiger partial charge in [0.15, 0.2) is 0 Å². The Morgan fingerprint density at radius 3 is 2.72 bits per heavy atom. The molecular formula is C15H24N2O. The van der Waals surface area contributed by atoms with Crippen LogP contribution in [0.3, 0.4) is 0 Å². The van der Waals surface area contributed by atoms with Crippen LogP contribution in [-0.2, 0) is 4.74 Å². The van der Waals surface area contributed by atoms with Crippen molar-refractivity contribution in [3.05, 3.63) is 35.4 Å². The fourth-order valence-corrected chi connectivity index (χ4v) is 2.49. The van der Waals surface area contributed by atoms with E-state index in [9.17, 15) is 0 Å². The van der Waals surface area contributed by atoms with Crippen molar-refractivity contribution >= 4 is 0 Å². The molecule has 0 amide bonds. The first-order chi connectivity index (χ1) is 8.69. The van der Waals surface area contributed by atoms with Crippen LogP contribution in [0, 0.1) is 6.92 Å². The first-order valence-corrected chi connectivity index (χ1v) is 6.76. The fraction of sp³-hybridized carbons (Fsp3) is 0.600. The number of ether oxygens (including phenoxy) is 1. The molecule has 1 aromatic rings. The highest BCUT2D eigenvalue weighted by Gasteiger charge is 2.22. The highest BCUT2D eigenvalue weighted by molar-refractivity contribution is 5.23. The van der Waals surface area contributed by atoms with Crippen LogP contribution in [0.25, 0.3) is 0 Å². The van der Waals surface area contributed by atoms with E-state index < -0.39 is 0 Å². The van der Waals surface area contributed by atoms with Crippen LogP contribution >= 0.6 is 0 Å². The number of hydrogen-bond acceptors (Lipinski definition) is 3. The summed E-state index contributed by atoms with van der Waals surface area (Å²) in [6.45, 7) is 5.36. The number of likely N-dealkylation sites (tertiary alicyclic amines) is 1. The third kappa shape index (κ3) is 3.55. The zero-order valence-corrected chi connectivity index (χ0v) is 11.4. The van der Waals surface area contributed by atoms with Crippen molar-refractivity contribution in [2.24, 2.45) is 5.73 Å². The van der Waals surface area contributed by atoms with Gasteiger partial charge in [-0.2, -0.15) is 0 Å². The summed E-state index contributed by atoms with van der Waals surface area (Å²) < 4.78 is 5.37. The number of methoxy groups -OCH3 is 1. The molecule has 1 aliphatic heterocycles. The van der Waals surface area contributed by atoms with Crippen LogP contribution in [-0.4, -0.2) is 37.7 Å². The smallest absolute Gasteiger partial charge is 0.0710 e. The molecule has 3 heteroatoms. The lowest BCUT2D eigenvalue weighted by Gasteiger charge is -2.19. The first kappa shape index (κ1) is 13.5. The molecule has 1 aliphatic rings. The molecule has 3 nitrogen and oxygen atoms in total. The SMILES string of the molecule is COC1CCN(CCC(N)c2ccc(C)cc2)C1. The van der Waals surface area contributed by atoms with Crippen LogP contribution in [0.1, 0.15) is 30.0 Å². The zero-order valence-electron chi connectivity index (χ0n) is 11.4. The van der Waals surface area contributed by atoms with Crippen LogP contribution in [0.4, 0.5) is 0 Å². The minimum Gasteiger partial charge on any atom is -0.380 e. The molecule has 2 N–H and O–H groups in total. The van der Waals surface area contributed by atoms with Gasteiger partial charge >= 0.3 is 0 Å². The first-order valence-electron chi connectivity index (χ1n) is 6.76. The molecule has 100 valence electrons. The van der Waals surface area contributed by atoms with Crippen molar-refractivity contribution in [2.45, 2.75) is 31.9 Å². The molecule has 1 heterocycles. The molecule has 0 radical (unpaired) electrons.